The molecule has 0 saturated heterocycles. The monoisotopic (exact) mass is 619 g/mol. The normalized spacial score (nSPS) is 12.4. The van der Waals surface area contributed by atoms with Crippen LogP contribution in [0, 0.1) is 5.41 Å². The first kappa shape index (κ1) is 38.4. The van der Waals surface area contributed by atoms with E-state index in [2.05, 4.69) is 67.9 Å². The summed E-state index contributed by atoms with van der Waals surface area (Å²) in [5.74, 6) is 0.362. The molecule has 0 aliphatic rings. The third-order valence-corrected chi connectivity index (χ3v) is 7.76. The Balaban J connectivity index is 2.49. The molecule has 1 aromatic heterocycles. The van der Waals surface area contributed by atoms with Gasteiger partial charge in [-0.2, -0.15) is 5.10 Å². The molecular weight excluding hydrogens is 566 g/mol. The van der Waals surface area contributed by atoms with Gasteiger partial charge in [-0.3, -0.25) is 9.59 Å². The zero-order chi connectivity index (χ0) is 33.3. The van der Waals surface area contributed by atoms with E-state index in [1.54, 1.807) is 23.9 Å². The number of nitrogens with zero attached hydrogens (tertiary/aromatic N) is 3. The molecule has 0 atom stereocenters. The van der Waals surface area contributed by atoms with Gasteiger partial charge in [-0.05, 0) is 80.1 Å². The van der Waals surface area contributed by atoms with Gasteiger partial charge in [0.25, 0.3) is 0 Å². The van der Waals surface area contributed by atoms with Crippen LogP contribution in [0.15, 0.2) is 95.1 Å². The maximum atomic E-state index is 12.4. The van der Waals surface area contributed by atoms with Crippen molar-refractivity contribution in [1.82, 2.24) is 20.4 Å². The lowest BCUT2D eigenvalue weighted by Crippen LogP contribution is -2.32. The van der Waals surface area contributed by atoms with Gasteiger partial charge in [-0.15, -0.1) is 5.10 Å². The lowest BCUT2D eigenvalue weighted by Gasteiger charge is -2.24. The molecule has 240 valence electrons. The highest BCUT2D eigenvalue weighted by Crippen LogP contribution is 2.31. The van der Waals surface area contributed by atoms with Crippen molar-refractivity contribution in [3.63, 3.8) is 0 Å². The fraction of sp³-hybridized carbons (Fsp3) is 0.444. The van der Waals surface area contributed by atoms with Crippen molar-refractivity contribution >= 4 is 29.4 Å². The van der Waals surface area contributed by atoms with Crippen molar-refractivity contribution in [2.75, 3.05) is 18.9 Å². The van der Waals surface area contributed by atoms with Gasteiger partial charge in [0.2, 0.25) is 11.8 Å². The van der Waals surface area contributed by atoms with Crippen molar-refractivity contribution in [2.45, 2.75) is 86.5 Å². The molecular formula is C36H53N5O2S. The summed E-state index contributed by atoms with van der Waals surface area (Å²) in [4.78, 5) is 27.5. The van der Waals surface area contributed by atoms with Crippen LogP contribution >= 0.6 is 11.8 Å². The topological polar surface area (TPSA) is 87.2 Å². The van der Waals surface area contributed by atoms with Gasteiger partial charge in [0.05, 0.1) is 17.1 Å². The molecule has 7 nitrogen and oxygen atoms in total. The molecule has 1 rings (SSSR count). The van der Waals surface area contributed by atoms with Crippen LogP contribution < -0.4 is 10.6 Å². The predicted octanol–water partition coefficient (Wildman–Crippen LogP) is 8.65. The highest BCUT2D eigenvalue weighted by atomic mass is 32.2. The molecule has 0 aliphatic carbocycles. The van der Waals surface area contributed by atoms with Crippen molar-refractivity contribution in [2.24, 2.45) is 5.41 Å². The first-order valence-corrected chi connectivity index (χ1v) is 15.9. The van der Waals surface area contributed by atoms with Crippen molar-refractivity contribution in [1.29, 1.82) is 0 Å². The van der Waals surface area contributed by atoms with Gasteiger partial charge in [0.15, 0.2) is 5.82 Å². The van der Waals surface area contributed by atoms with Crippen LogP contribution in [-0.4, -0.2) is 40.5 Å². The minimum atomic E-state index is -0.0941. The third kappa shape index (κ3) is 16.3. The van der Waals surface area contributed by atoms with Crippen LogP contribution in [0.3, 0.4) is 0 Å². The molecule has 2 amide bonds. The molecule has 44 heavy (non-hydrogen) atoms. The lowest BCUT2D eigenvalue weighted by molar-refractivity contribution is -0.120. The zero-order valence-electron chi connectivity index (χ0n) is 28.0. The van der Waals surface area contributed by atoms with Crippen LogP contribution in [0.1, 0.15) is 85.8 Å². The van der Waals surface area contributed by atoms with E-state index in [0.29, 0.717) is 25.2 Å². The maximum absolute atomic E-state index is 12.4. The molecule has 0 bridgehead atoms. The van der Waals surface area contributed by atoms with Gasteiger partial charge in [0, 0.05) is 32.1 Å². The number of nitrogens with one attached hydrogen (secondary N) is 2. The van der Waals surface area contributed by atoms with Crippen molar-refractivity contribution in [3.8, 4) is 0 Å². The summed E-state index contributed by atoms with van der Waals surface area (Å²) in [5, 5.41) is 15.0. The van der Waals surface area contributed by atoms with Crippen molar-refractivity contribution in [3.05, 3.63) is 101 Å². The van der Waals surface area contributed by atoms with E-state index in [0.717, 1.165) is 63.7 Å². The smallest absolute Gasteiger partial charge is 0.229 e. The molecule has 0 fully saturated rings. The second-order valence-corrected chi connectivity index (χ2v) is 13.4. The number of amides is 2. The maximum Gasteiger partial charge on any atom is 0.229 e. The third-order valence-electron chi connectivity index (χ3n) is 6.76. The van der Waals surface area contributed by atoms with E-state index >= 15 is 0 Å². The number of anilines is 1. The van der Waals surface area contributed by atoms with Crippen LogP contribution in [0.4, 0.5) is 5.82 Å². The Kier molecular flexibility index (Phi) is 17.1. The number of hydrogen-bond acceptors (Lipinski definition) is 6. The number of allylic oxidation sites excluding steroid dienone is 6. The Labute approximate surface area is 270 Å². The highest BCUT2D eigenvalue weighted by molar-refractivity contribution is 8.06. The fourth-order valence-corrected chi connectivity index (χ4v) is 4.66. The van der Waals surface area contributed by atoms with Gasteiger partial charge in [-0.25, -0.2) is 0 Å². The van der Waals surface area contributed by atoms with Gasteiger partial charge in [0.1, 0.15) is 0 Å². The summed E-state index contributed by atoms with van der Waals surface area (Å²) >= 11 is 1.56. The summed E-state index contributed by atoms with van der Waals surface area (Å²) < 4.78 is 0. The van der Waals surface area contributed by atoms with Crippen LogP contribution in [0.2, 0.25) is 0 Å². The number of aryl methyl sites for hydroxylation is 1. The number of hydrogen-bond donors (Lipinski definition) is 2. The van der Waals surface area contributed by atoms with E-state index in [4.69, 9.17) is 0 Å². The number of aromatic nitrogens is 2. The number of unbranched alkanes of at least 4 members (excludes halogenated alkanes) is 1. The molecule has 0 aliphatic heterocycles. The summed E-state index contributed by atoms with van der Waals surface area (Å²) in [6.45, 7) is 29.4. The Morgan fingerprint density at radius 1 is 0.977 bits per heavy atom. The largest absolute Gasteiger partial charge is 0.355 e. The number of rotatable bonds is 19. The number of thioether (sulfide) groups is 1. The Morgan fingerprint density at radius 3 is 2.25 bits per heavy atom. The SMILES string of the molecule is C=C/C(=C\C(=C/C)CC(=C)N(C)C(=C)SC(=C)CCCCc1ccc(NC(=O)C/C(C)=C/C)nn1)CC(=O)NCC(C)(C)C. The van der Waals surface area contributed by atoms with E-state index in [9.17, 15) is 9.59 Å². The molecule has 0 radical (unpaired) electrons. The van der Waals surface area contributed by atoms with Crippen LogP contribution in [0.25, 0.3) is 0 Å². The van der Waals surface area contributed by atoms with E-state index in [1.165, 1.54) is 0 Å². The second kappa shape index (κ2) is 19.6. The molecule has 1 heterocycles. The molecule has 1 aromatic rings. The van der Waals surface area contributed by atoms with Gasteiger partial charge in [-0.1, -0.05) is 88.7 Å². The minimum absolute atomic E-state index is 0.0112. The van der Waals surface area contributed by atoms with E-state index < -0.39 is 0 Å². The Morgan fingerprint density at radius 2 is 1.68 bits per heavy atom. The average Bonchev–Trinajstić information content (AvgIpc) is 2.97. The Hall–Kier alpha value is -3.65. The molecule has 8 heteroatoms. The quantitative estimate of drug-likeness (QED) is 0.0916. The molecule has 0 spiro atoms. The highest BCUT2D eigenvalue weighted by Gasteiger charge is 2.14. The summed E-state index contributed by atoms with van der Waals surface area (Å²) in [7, 11) is 1.96. The number of carbonyl (C=O) groups is 2. The minimum Gasteiger partial charge on any atom is -0.355 e. The van der Waals surface area contributed by atoms with Crippen LogP contribution in [-0.2, 0) is 16.0 Å². The van der Waals surface area contributed by atoms with E-state index in [1.807, 2.05) is 57.0 Å². The summed E-state index contributed by atoms with van der Waals surface area (Å²) in [6, 6.07) is 3.70. The van der Waals surface area contributed by atoms with Gasteiger partial charge >= 0.3 is 0 Å². The average molecular weight is 620 g/mol. The second-order valence-electron chi connectivity index (χ2n) is 12.1. The fourth-order valence-electron chi connectivity index (χ4n) is 3.82. The van der Waals surface area contributed by atoms with Crippen molar-refractivity contribution < 1.29 is 9.59 Å². The first-order chi connectivity index (χ1) is 20.7. The summed E-state index contributed by atoms with van der Waals surface area (Å²) in [6.07, 6.45) is 12.5. The predicted molar refractivity (Wildman–Crippen MR) is 189 cm³/mol. The first-order valence-electron chi connectivity index (χ1n) is 15.1. The van der Waals surface area contributed by atoms with Gasteiger partial charge < -0.3 is 15.5 Å². The number of carbonyl (C=O) groups excluding carboxylic acids is 2. The summed E-state index contributed by atoms with van der Waals surface area (Å²) in [5.41, 5.74) is 4.76. The van der Waals surface area contributed by atoms with E-state index in [-0.39, 0.29) is 23.7 Å². The molecule has 0 saturated carbocycles. The Bertz CT molecular complexity index is 1270. The van der Waals surface area contributed by atoms with Crippen LogP contribution in [0.5, 0.6) is 0 Å². The standard InChI is InChI=1S/C36H53N5O2S/c1-12-26(4)21-35(43)38-33-20-19-32(39-40-33)18-16-15-17-28(6)44-29(7)41(11)27(5)22-30(13-2)23-31(14-3)24-34(42)37-25-36(8,9)10/h12-14,19-20,23H,3,5-7,15-18,21-22,24-25H2,1-2,4,8-11H3,(H,37,42)(H,38,40,43)/b26-12+,30-13-,31-23+. The zero-order valence-corrected chi connectivity index (χ0v) is 28.8. The molecule has 2 N–H and O–H groups in total. The molecule has 0 aromatic carbocycles. The lowest BCUT2D eigenvalue weighted by atomic mass is 9.97. The molecule has 0 unspecified atom stereocenters.